The number of benzene rings is 2. The molecule has 0 amide bonds. The normalized spacial score (nSPS) is 10.7. The topological polar surface area (TPSA) is 65.7 Å². The van der Waals surface area contributed by atoms with Crippen molar-refractivity contribution in [2.75, 3.05) is 0 Å². The van der Waals surface area contributed by atoms with E-state index >= 15 is 0 Å². The fraction of sp³-hybridized carbons (Fsp3) is 0.500. The van der Waals surface area contributed by atoms with Crippen LogP contribution >= 0.6 is 0 Å². The van der Waals surface area contributed by atoms with Crippen LogP contribution in [0.3, 0.4) is 0 Å². The Morgan fingerprint density at radius 3 is 1.48 bits per heavy atom. The van der Waals surface area contributed by atoms with Gasteiger partial charge in [0.1, 0.15) is 0 Å². The van der Waals surface area contributed by atoms with Gasteiger partial charge in [0.15, 0.2) is 22.7 Å². The van der Waals surface area contributed by atoms with Gasteiger partial charge in [-0.25, -0.2) is 0 Å². The minimum Gasteiger partial charge on any atom is -0.448 e. The summed E-state index contributed by atoms with van der Waals surface area (Å²) in [4.78, 5) is 24.5. The van der Waals surface area contributed by atoms with Crippen LogP contribution in [0.25, 0.3) is 21.9 Å². The van der Waals surface area contributed by atoms with E-state index in [4.69, 9.17) is 13.9 Å². The molecule has 0 fully saturated rings. The van der Waals surface area contributed by atoms with E-state index in [1.807, 2.05) is 38.1 Å². The fourth-order valence-electron chi connectivity index (χ4n) is 3.67. The molecule has 5 nitrogen and oxygen atoms in total. The Kier molecular flexibility index (Phi) is 11.5. The molecule has 0 bridgehead atoms. The number of rotatable bonds is 12. The highest BCUT2D eigenvalue weighted by Gasteiger charge is 2.18. The molecule has 5 heteroatoms. The summed E-state index contributed by atoms with van der Waals surface area (Å²) in [6.07, 6.45) is 8.94. The summed E-state index contributed by atoms with van der Waals surface area (Å²) < 4.78 is 17.2. The average molecular weight is 455 g/mol. The first-order chi connectivity index (χ1) is 16.1. The molecule has 2 aromatic carbocycles. The van der Waals surface area contributed by atoms with Crippen LogP contribution < -0.4 is 9.47 Å². The first-order valence-electron chi connectivity index (χ1n) is 12.5. The van der Waals surface area contributed by atoms with Crippen LogP contribution in [0.15, 0.2) is 40.8 Å². The van der Waals surface area contributed by atoms with Gasteiger partial charge in [-0.3, -0.25) is 9.59 Å². The van der Waals surface area contributed by atoms with Gasteiger partial charge < -0.3 is 13.9 Å². The molecule has 3 aromatic rings. The molecule has 0 N–H and O–H groups in total. The summed E-state index contributed by atoms with van der Waals surface area (Å²) in [5.74, 6) is 0.266. The number of fused-ring (bicyclic) bond motifs is 3. The Morgan fingerprint density at radius 2 is 1.09 bits per heavy atom. The van der Waals surface area contributed by atoms with Crippen LogP contribution in [0.1, 0.15) is 91.9 Å². The van der Waals surface area contributed by atoms with Crippen LogP contribution in [0, 0.1) is 0 Å². The highest BCUT2D eigenvalue weighted by molar-refractivity contribution is 6.09. The molecule has 0 aliphatic heterocycles. The van der Waals surface area contributed by atoms with Crippen molar-refractivity contribution >= 4 is 33.9 Å². The third kappa shape index (κ3) is 7.62. The van der Waals surface area contributed by atoms with E-state index in [0.717, 1.165) is 62.1 Å². The van der Waals surface area contributed by atoms with Crippen molar-refractivity contribution in [1.29, 1.82) is 0 Å². The molecule has 0 saturated heterocycles. The lowest BCUT2D eigenvalue weighted by Gasteiger charge is -2.05. The molecule has 0 radical (unpaired) electrons. The first kappa shape index (κ1) is 26.4. The van der Waals surface area contributed by atoms with Crippen LogP contribution in [-0.4, -0.2) is 11.9 Å². The predicted molar refractivity (Wildman–Crippen MR) is 134 cm³/mol. The van der Waals surface area contributed by atoms with Crippen molar-refractivity contribution in [3.05, 3.63) is 36.4 Å². The number of furan rings is 1. The number of unbranched alkanes of at least 4 members (excludes halogenated alkanes) is 6. The zero-order chi connectivity index (χ0) is 24.1. The average Bonchev–Trinajstić information content (AvgIpc) is 3.22. The molecule has 180 valence electrons. The maximum Gasteiger partial charge on any atom is 0.311 e. The van der Waals surface area contributed by atoms with E-state index in [1.165, 1.54) is 0 Å². The summed E-state index contributed by atoms with van der Waals surface area (Å²) in [5, 5.41) is 1.65. The Bertz CT molecular complexity index is 937. The summed E-state index contributed by atoms with van der Waals surface area (Å²) in [6, 6.07) is 11.0. The summed E-state index contributed by atoms with van der Waals surface area (Å²) in [7, 11) is 0. The van der Waals surface area contributed by atoms with Crippen LogP contribution in [0.5, 0.6) is 11.5 Å². The monoisotopic (exact) mass is 454 g/mol. The van der Waals surface area contributed by atoms with Gasteiger partial charge in [-0.1, -0.05) is 90.5 Å². The van der Waals surface area contributed by atoms with Crippen LogP contribution in [0.2, 0.25) is 0 Å². The van der Waals surface area contributed by atoms with Gasteiger partial charge in [0.25, 0.3) is 0 Å². The maximum absolute atomic E-state index is 12.3. The molecule has 3 rings (SSSR count). The molecule has 1 heterocycles. The first-order valence-corrected chi connectivity index (χ1v) is 12.5. The lowest BCUT2D eigenvalue weighted by atomic mass is 10.1. The summed E-state index contributed by atoms with van der Waals surface area (Å²) >= 11 is 0. The number of hydrogen-bond acceptors (Lipinski definition) is 5. The van der Waals surface area contributed by atoms with E-state index in [2.05, 4.69) is 13.8 Å². The molecule has 0 spiro atoms. The van der Waals surface area contributed by atoms with E-state index in [0.29, 0.717) is 35.5 Å². The molecule has 0 saturated carbocycles. The zero-order valence-electron chi connectivity index (χ0n) is 20.6. The molecule has 0 aliphatic rings. The second-order valence-electron chi connectivity index (χ2n) is 7.94. The Morgan fingerprint density at radius 1 is 0.667 bits per heavy atom. The Labute approximate surface area is 197 Å². The predicted octanol–water partition coefficient (Wildman–Crippen LogP) is 8.36. The van der Waals surface area contributed by atoms with Crippen molar-refractivity contribution in [3.8, 4) is 11.5 Å². The van der Waals surface area contributed by atoms with Gasteiger partial charge in [-0.2, -0.15) is 0 Å². The SMILES string of the molecule is CC.CCCCCCC(=O)Oc1cccc2c1oc1c(OC(=O)CCCCCC)cccc12. The summed E-state index contributed by atoms with van der Waals surface area (Å²) in [6.45, 7) is 8.28. The van der Waals surface area contributed by atoms with E-state index in [-0.39, 0.29) is 11.9 Å². The van der Waals surface area contributed by atoms with Gasteiger partial charge in [0.05, 0.1) is 0 Å². The molecule has 1 aromatic heterocycles. The quantitative estimate of drug-likeness (QED) is 0.156. The highest BCUT2D eigenvalue weighted by atomic mass is 16.5. The van der Waals surface area contributed by atoms with Crippen LogP contribution in [-0.2, 0) is 9.59 Å². The Hall–Kier alpha value is -2.82. The van der Waals surface area contributed by atoms with Gasteiger partial charge in [0.2, 0.25) is 0 Å². The largest absolute Gasteiger partial charge is 0.448 e. The van der Waals surface area contributed by atoms with Crippen molar-refractivity contribution in [2.24, 2.45) is 0 Å². The van der Waals surface area contributed by atoms with Gasteiger partial charge in [-0.15, -0.1) is 0 Å². The smallest absolute Gasteiger partial charge is 0.311 e. The van der Waals surface area contributed by atoms with E-state index in [1.54, 1.807) is 12.1 Å². The second kappa shape index (κ2) is 14.4. The lowest BCUT2D eigenvalue weighted by Crippen LogP contribution is -2.07. The van der Waals surface area contributed by atoms with Gasteiger partial charge >= 0.3 is 11.9 Å². The third-order valence-corrected chi connectivity index (χ3v) is 5.37. The number of para-hydroxylation sites is 2. The standard InChI is InChI=1S/C26H32O5.C2H6/c1-3-5-7-9-17-23(27)29-21-15-11-13-19-20-14-12-16-22(26(20)31-25(19)21)30-24(28)18-10-8-6-4-2;1-2/h11-16H,3-10,17-18H2,1-2H3;1-2H3. The van der Waals surface area contributed by atoms with Crippen molar-refractivity contribution in [3.63, 3.8) is 0 Å². The number of carbonyl (C=O) groups is 2. The maximum atomic E-state index is 12.3. The second-order valence-corrected chi connectivity index (χ2v) is 7.94. The van der Waals surface area contributed by atoms with E-state index in [9.17, 15) is 9.59 Å². The molecule has 0 atom stereocenters. The minimum absolute atomic E-state index is 0.261. The minimum atomic E-state index is -0.261. The summed E-state index contributed by atoms with van der Waals surface area (Å²) in [5.41, 5.74) is 0.983. The molecule has 0 aliphatic carbocycles. The lowest BCUT2D eigenvalue weighted by molar-refractivity contribution is -0.135. The third-order valence-electron chi connectivity index (χ3n) is 5.37. The number of hydrogen-bond donors (Lipinski definition) is 0. The number of esters is 2. The number of ether oxygens (including phenoxy) is 2. The molecule has 33 heavy (non-hydrogen) atoms. The molecule has 0 unspecified atom stereocenters. The van der Waals surface area contributed by atoms with Gasteiger partial charge in [0, 0.05) is 23.6 Å². The van der Waals surface area contributed by atoms with Gasteiger partial charge in [-0.05, 0) is 25.0 Å². The molecular formula is C28H38O5. The van der Waals surface area contributed by atoms with E-state index < -0.39 is 0 Å². The number of carbonyl (C=O) groups excluding carboxylic acids is 2. The van der Waals surface area contributed by atoms with Crippen LogP contribution in [0.4, 0.5) is 0 Å². The Balaban J connectivity index is 0.00000187. The van der Waals surface area contributed by atoms with Crippen molar-refractivity contribution in [1.82, 2.24) is 0 Å². The van der Waals surface area contributed by atoms with Crippen molar-refractivity contribution < 1.29 is 23.5 Å². The fourth-order valence-corrected chi connectivity index (χ4v) is 3.67. The zero-order valence-corrected chi connectivity index (χ0v) is 20.6. The van der Waals surface area contributed by atoms with Crippen molar-refractivity contribution in [2.45, 2.75) is 91.9 Å². The highest BCUT2D eigenvalue weighted by Crippen LogP contribution is 2.38. The molecular weight excluding hydrogens is 416 g/mol.